The molecule has 132 valence electrons. The van der Waals surface area contributed by atoms with Crippen LogP contribution in [-0.4, -0.2) is 60.2 Å². The fraction of sp³-hybridized carbons (Fsp3) is 0.550. The molecule has 3 heterocycles. The zero-order chi connectivity index (χ0) is 17.0. The molecule has 0 bridgehead atoms. The molecule has 2 aliphatic heterocycles. The van der Waals surface area contributed by atoms with E-state index >= 15 is 0 Å². The minimum absolute atomic E-state index is 0.130. The summed E-state index contributed by atoms with van der Waals surface area (Å²) in [6.45, 7) is 3.25. The van der Waals surface area contributed by atoms with Gasteiger partial charge in [0, 0.05) is 54.6 Å². The molecule has 1 N–H and O–H groups in total. The Hall–Kier alpha value is -2.01. The summed E-state index contributed by atoms with van der Waals surface area (Å²) in [5, 5.41) is 1.43. The molecule has 0 spiro atoms. The Bertz CT molecular complexity index is 810. The van der Waals surface area contributed by atoms with Crippen molar-refractivity contribution in [3.63, 3.8) is 0 Å². The first-order valence-electron chi connectivity index (χ1n) is 9.41. The molecule has 3 atom stereocenters. The zero-order valence-corrected chi connectivity index (χ0v) is 14.7. The van der Waals surface area contributed by atoms with Crippen molar-refractivity contribution in [2.45, 2.75) is 31.2 Å². The van der Waals surface area contributed by atoms with Crippen molar-refractivity contribution in [2.75, 3.05) is 33.3 Å². The lowest BCUT2D eigenvalue weighted by Crippen LogP contribution is -2.49. The summed E-state index contributed by atoms with van der Waals surface area (Å²) >= 11 is 0. The number of rotatable bonds is 2. The molecule has 1 aliphatic carbocycles. The molecule has 25 heavy (non-hydrogen) atoms. The Labute approximate surface area is 147 Å². The van der Waals surface area contributed by atoms with Crippen molar-refractivity contribution in [1.29, 1.82) is 0 Å². The minimum atomic E-state index is -0.130. The van der Waals surface area contributed by atoms with Crippen molar-refractivity contribution < 1.29 is 9.53 Å². The standard InChI is InChI=1S/C20H25N3O2/c1-22-11-13(12-25-20(24)23-6-3-7-23)8-16-15-4-2-5-17-19(15)14(10-21-17)9-18(16)22/h2,4-5,10,13,16,18,21H,3,6-9,11-12H2,1H3/t13-,16-,18-/m1/s1. The number of aromatic nitrogens is 1. The van der Waals surface area contributed by atoms with Gasteiger partial charge in [0.1, 0.15) is 0 Å². The molecule has 2 saturated heterocycles. The molecule has 1 aromatic heterocycles. The average molecular weight is 339 g/mol. The highest BCUT2D eigenvalue weighted by Crippen LogP contribution is 2.44. The Morgan fingerprint density at radius 3 is 3.04 bits per heavy atom. The van der Waals surface area contributed by atoms with Crippen LogP contribution in [0.25, 0.3) is 10.9 Å². The molecule has 2 fully saturated rings. The number of carbonyl (C=O) groups is 1. The van der Waals surface area contributed by atoms with Crippen LogP contribution < -0.4 is 0 Å². The van der Waals surface area contributed by atoms with Crippen LogP contribution in [0, 0.1) is 5.92 Å². The van der Waals surface area contributed by atoms with Crippen LogP contribution in [0.4, 0.5) is 4.79 Å². The molecule has 3 aliphatic rings. The monoisotopic (exact) mass is 339 g/mol. The van der Waals surface area contributed by atoms with Crippen molar-refractivity contribution in [3.05, 3.63) is 35.5 Å². The van der Waals surface area contributed by atoms with Crippen molar-refractivity contribution in [3.8, 4) is 0 Å². The largest absolute Gasteiger partial charge is 0.449 e. The first-order chi connectivity index (χ1) is 12.2. The van der Waals surface area contributed by atoms with E-state index in [-0.39, 0.29) is 6.09 Å². The number of ether oxygens (including phenoxy) is 1. The van der Waals surface area contributed by atoms with Crippen LogP contribution >= 0.6 is 0 Å². The molecule has 5 rings (SSSR count). The molecule has 0 radical (unpaired) electrons. The summed E-state index contributed by atoms with van der Waals surface area (Å²) in [6.07, 6.45) is 5.37. The third kappa shape index (κ3) is 2.44. The van der Waals surface area contributed by atoms with Crippen LogP contribution in [-0.2, 0) is 11.2 Å². The molecule has 0 unspecified atom stereocenters. The van der Waals surface area contributed by atoms with E-state index in [1.54, 1.807) is 4.90 Å². The maximum Gasteiger partial charge on any atom is 0.409 e. The number of hydrogen-bond donors (Lipinski definition) is 1. The lowest BCUT2D eigenvalue weighted by Gasteiger charge is -2.45. The fourth-order valence-corrected chi connectivity index (χ4v) is 4.95. The van der Waals surface area contributed by atoms with Crippen molar-refractivity contribution in [2.24, 2.45) is 5.92 Å². The number of nitrogens with one attached hydrogen (secondary N) is 1. The van der Waals surface area contributed by atoms with Crippen molar-refractivity contribution in [1.82, 2.24) is 14.8 Å². The summed E-state index contributed by atoms with van der Waals surface area (Å²) in [4.78, 5) is 19.7. The van der Waals surface area contributed by atoms with Gasteiger partial charge in [-0.05, 0) is 43.5 Å². The third-order valence-corrected chi connectivity index (χ3v) is 6.37. The van der Waals surface area contributed by atoms with Gasteiger partial charge in [0.2, 0.25) is 0 Å². The highest BCUT2D eigenvalue weighted by Gasteiger charge is 2.39. The van der Waals surface area contributed by atoms with E-state index < -0.39 is 0 Å². The lowest BCUT2D eigenvalue weighted by atomic mass is 9.72. The van der Waals surface area contributed by atoms with Gasteiger partial charge in [-0.3, -0.25) is 0 Å². The van der Waals surface area contributed by atoms with Gasteiger partial charge in [-0.2, -0.15) is 0 Å². The van der Waals surface area contributed by atoms with Gasteiger partial charge in [0.25, 0.3) is 0 Å². The summed E-state index contributed by atoms with van der Waals surface area (Å²) in [7, 11) is 2.22. The lowest BCUT2D eigenvalue weighted by molar-refractivity contribution is 0.0380. The van der Waals surface area contributed by atoms with E-state index in [1.807, 2.05) is 0 Å². The molecule has 1 aromatic carbocycles. The van der Waals surface area contributed by atoms with E-state index in [4.69, 9.17) is 4.74 Å². The predicted molar refractivity (Wildman–Crippen MR) is 96.8 cm³/mol. The SMILES string of the molecule is CN1C[C@H](COC(=O)N2CCC2)C[C@@H]2c3cccc4[nH]cc(c34)C[C@H]21. The van der Waals surface area contributed by atoms with Gasteiger partial charge in [-0.1, -0.05) is 12.1 Å². The van der Waals surface area contributed by atoms with Crippen LogP contribution in [0.3, 0.4) is 0 Å². The van der Waals surface area contributed by atoms with Gasteiger partial charge >= 0.3 is 6.09 Å². The number of H-pyrrole nitrogens is 1. The zero-order valence-electron chi connectivity index (χ0n) is 14.7. The Balaban J connectivity index is 1.36. The second-order valence-corrected chi connectivity index (χ2v) is 7.92. The number of likely N-dealkylation sites (N-methyl/N-ethyl adjacent to an activating group) is 1. The Morgan fingerprint density at radius 2 is 2.24 bits per heavy atom. The van der Waals surface area contributed by atoms with Gasteiger partial charge in [0.05, 0.1) is 6.61 Å². The summed E-state index contributed by atoms with van der Waals surface area (Å²) in [5.74, 6) is 0.936. The maximum absolute atomic E-state index is 12.0. The topological polar surface area (TPSA) is 48.6 Å². The van der Waals surface area contributed by atoms with E-state index in [2.05, 4.69) is 41.3 Å². The van der Waals surface area contributed by atoms with E-state index in [1.165, 1.54) is 22.0 Å². The molecular weight excluding hydrogens is 314 g/mol. The highest BCUT2D eigenvalue weighted by atomic mass is 16.6. The number of amides is 1. The highest BCUT2D eigenvalue weighted by molar-refractivity contribution is 5.88. The normalized spacial score (nSPS) is 28.5. The quantitative estimate of drug-likeness (QED) is 0.915. The van der Waals surface area contributed by atoms with Crippen LogP contribution in [0.5, 0.6) is 0 Å². The summed E-state index contributed by atoms with van der Waals surface area (Å²) in [6, 6.07) is 7.17. The number of piperidine rings is 1. The van der Waals surface area contributed by atoms with E-state index in [0.717, 1.165) is 38.9 Å². The van der Waals surface area contributed by atoms with Gasteiger partial charge < -0.3 is 19.5 Å². The number of nitrogens with zero attached hydrogens (tertiary/aromatic N) is 2. The Morgan fingerprint density at radius 1 is 1.36 bits per heavy atom. The molecule has 5 nitrogen and oxygen atoms in total. The van der Waals surface area contributed by atoms with E-state index in [9.17, 15) is 4.79 Å². The second-order valence-electron chi connectivity index (χ2n) is 7.92. The number of aromatic amines is 1. The van der Waals surface area contributed by atoms with Gasteiger partial charge in [-0.15, -0.1) is 0 Å². The molecule has 0 saturated carbocycles. The predicted octanol–water partition coefficient (Wildman–Crippen LogP) is 2.97. The van der Waals surface area contributed by atoms with Gasteiger partial charge in [0.15, 0.2) is 0 Å². The number of carbonyl (C=O) groups excluding carboxylic acids is 1. The van der Waals surface area contributed by atoms with Crippen LogP contribution in [0.15, 0.2) is 24.4 Å². The van der Waals surface area contributed by atoms with Crippen molar-refractivity contribution >= 4 is 17.0 Å². The third-order valence-electron chi connectivity index (χ3n) is 6.37. The van der Waals surface area contributed by atoms with Gasteiger partial charge in [-0.25, -0.2) is 4.79 Å². The minimum Gasteiger partial charge on any atom is -0.449 e. The molecular formula is C20H25N3O2. The molecule has 1 amide bonds. The van der Waals surface area contributed by atoms with Crippen LogP contribution in [0.1, 0.15) is 29.9 Å². The smallest absolute Gasteiger partial charge is 0.409 e. The molecule has 5 heteroatoms. The summed E-state index contributed by atoms with van der Waals surface area (Å²) in [5.41, 5.74) is 4.16. The molecule has 2 aromatic rings. The number of likely N-dealkylation sites (tertiary alicyclic amines) is 2. The van der Waals surface area contributed by atoms with Crippen LogP contribution in [0.2, 0.25) is 0 Å². The summed E-state index contributed by atoms with van der Waals surface area (Å²) < 4.78 is 5.60. The number of hydrogen-bond acceptors (Lipinski definition) is 3. The number of benzene rings is 1. The number of fused-ring (bicyclic) bond motifs is 2. The first-order valence-corrected chi connectivity index (χ1v) is 9.41. The average Bonchev–Trinajstić information content (AvgIpc) is 2.97. The Kier molecular flexibility index (Phi) is 3.52. The maximum atomic E-state index is 12.0. The first kappa shape index (κ1) is 15.3. The fourth-order valence-electron chi connectivity index (χ4n) is 4.95. The van der Waals surface area contributed by atoms with E-state index in [0.29, 0.717) is 24.5 Å². The second kappa shape index (κ2) is 5.77.